The first kappa shape index (κ1) is 17.7. The molecule has 0 aliphatic heterocycles. The van der Waals surface area contributed by atoms with E-state index in [1.807, 2.05) is 39.6 Å². The number of fused-ring (bicyclic) bond motifs is 3. The Morgan fingerprint density at radius 2 is 2.14 bits per heavy atom. The number of nitriles is 1. The normalized spacial score (nSPS) is 19.6. The summed E-state index contributed by atoms with van der Waals surface area (Å²) in [4.78, 5) is 21.4. The summed E-state index contributed by atoms with van der Waals surface area (Å²) in [6, 6.07) is 11.8. The van der Waals surface area contributed by atoms with Crippen molar-refractivity contribution in [3.05, 3.63) is 64.3 Å². The number of rotatable bonds is 3. The molecule has 1 aromatic carbocycles. The minimum Gasteiger partial charge on any atom is -0.346 e. The Labute approximate surface area is 168 Å². The maximum absolute atomic E-state index is 13.7. The smallest absolute Gasteiger partial charge is 0.329 e. The van der Waals surface area contributed by atoms with Crippen molar-refractivity contribution in [2.24, 2.45) is 5.92 Å². The molecule has 0 amide bonds. The SMILES string of the molecule is C[C@@H]1CCCC[C@@H]1n1c(=O)n(Cc2cccc(C#N)c2)c2cnc3[nH]ccc3c21. The predicted molar refractivity (Wildman–Crippen MR) is 113 cm³/mol. The van der Waals surface area contributed by atoms with Crippen molar-refractivity contribution >= 4 is 22.1 Å². The number of benzene rings is 1. The van der Waals surface area contributed by atoms with Crippen LogP contribution in [0, 0.1) is 17.2 Å². The fourth-order valence-corrected chi connectivity index (χ4v) is 4.83. The lowest BCUT2D eigenvalue weighted by Crippen LogP contribution is -2.32. The highest BCUT2D eigenvalue weighted by Crippen LogP contribution is 2.36. The van der Waals surface area contributed by atoms with Gasteiger partial charge in [-0.15, -0.1) is 0 Å². The van der Waals surface area contributed by atoms with Crippen molar-refractivity contribution in [1.82, 2.24) is 19.1 Å². The molecule has 29 heavy (non-hydrogen) atoms. The first-order valence-electron chi connectivity index (χ1n) is 10.2. The molecule has 0 unspecified atom stereocenters. The molecule has 5 rings (SSSR count). The molecule has 1 aliphatic rings. The molecule has 0 spiro atoms. The zero-order valence-electron chi connectivity index (χ0n) is 16.4. The highest BCUT2D eigenvalue weighted by atomic mass is 16.1. The Hall–Kier alpha value is -3.33. The van der Waals surface area contributed by atoms with Crippen molar-refractivity contribution in [1.29, 1.82) is 5.26 Å². The predicted octanol–water partition coefficient (Wildman–Crippen LogP) is 4.35. The third kappa shape index (κ3) is 2.85. The van der Waals surface area contributed by atoms with E-state index in [0.717, 1.165) is 46.9 Å². The van der Waals surface area contributed by atoms with Crippen LogP contribution in [-0.2, 0) is 6.54 Å². The molecule has 3 heterocycles. The van der Waals surface area contributed by atoms with Gasteiger partial charge in [-0.25, -0.2) is 9.78 Å². The van der Waals surface area contributed by atoms with Gasteiger partial charge in [0.05, 0.1) is 35.4 Å². The third-order valence-electron chi connectivity index (χ3n) is 6.30. The second kappa shape index (κ2) is 6.93. The van der Waals surface area contributed by atoms with E-state index in [9.17, 15) is 10.1 Å². The quantitative estimate of drug-likeness (QED) is 0.569. The number of hydrogen-bond donors (Lipinski definition) is 1. The van der Waals surface area contributed by atoms with Gasteiger partial charge in [-0.1, -0.05) is 31.9 Å². The van der Waals surface area contributed by atoms with Crippen LogP contribution >= 0.6 is 0 Å². The van der Waals surface area contributed by atoms with E-state index in [-0.39, 0.29) is 11.7 Å². The third-order valence-corrected chi connectivity index (χ3v) is 6.30. The lowest BCUT2D eigenvalue weighted by atomic mass is 9.85. The van der Waals surface area contributed by atoms with Gasteiger partial charge < -0.3 is 4.98 Å². The molecule has 0 bridgehead atoms. The molecule has 2 atom stereocenters. The van der Waals surface area contributed by atoms with E-state index in [1.165, 1.54) is 6.42 Å². The monoisotopic (exact) mass is 385 g/mol. The zero-order valence-corrected chi connectivity index (χ0v) is 16.4. The van der Waals surface area contributed by atoms with Crippen LogP contribution in [0.3, 0.4) is 0 Å². The van der Waals surface area contributed by atoms with E-state index < -0.39 is 0 Å². The molecule has 1 aliphatic carbocycles. The molecule has 6 nitrogen and oxygen atoms in total. The highest BCUT2D eigenvalue weighted by Gasteiger charge is 2.28. The molecular weight excluding hydrogens is 362 g/mol. The van der Waals surface area contributed by atoms with Crippen LogP contribution in [0.5, 0.6) is 0 Å². The second-order valence-electron chi connectivity index (χ2n) is 8.11. The van der Waals surface area contributed by atoms with Gasteiger partial charge in [0, 0.05) is 17.6 Å². The standard InChI is InChI=1S/C23H23N5O/c1-15-5-2-3-8-19(15)28-21-18-9-10-25-22(18)26-13-20(21)27(23(28)29)14-17-7-4-6-16(11-17)12-24/h4,6-7,9-11,13,15,19H,2-3,5,8,14H2,1H3,(H,25,26)/t15-,19+/m1/s1. The highest BCUT2D eigenvalue weighted by molar-refractivity contribution is 6.01. The summed E-state index contributed by atoms with van der Waals surface area (Å²) >= 11 is 0. The van der Waals surface area contributed by atoms with Gasteiger partial charge in [-0.3, -0.25) is 9.13 Å². The molecule has 1 N–H and O–H groups in total. The topological polar surface area (TPSA) is 79.4 Å². The largest absolute Gasteiger partial charge is 0.346 e. The summed E-state index contributed by atoms with van der Waals surface area (Å²) in [6.07, 6.45) is 8.23. The van der Waals surface area contributed by atoms with Crippen molar-refractivity contribution in [3.8, 4) is 6.07 Å². The van der Waals surface area contributed by atoms with E-state index in [0.29, 0.717) is 18.0 Å². The Bertz CT molecular complexity index is 1300. The summed E-state index contributed by atoms with van der Waals surface area (Å²) in [5.41, 5.74) is 4.18. The lowest BCUT2D eigenvalue weighted by Gasteiger charge is -2.29. The number of H-pyrrole nitrogens is 1. The van der Waals surface area contributed by atoms with Gasteiger partial charge in [0.15, 0.2) is 0 Å². The summed E-state index contributed by atoms with van der Waals surface area (Å²) < 4.78 is 3.83. The Morgan fingerprint density at radius 1 is 1.28 bits per heavy atom. The average molecular weight is 385 g/mol. The Morgan fingerprint density at radius 3 is 2.97 bits per heavy atom. The molecule has 1 fully saturated rings. The van der Waals surface area contributed by atoms with Gasteiger partial charge in [0.2, 0.25) is 0 Å². The van der Waals surface area contributed by atoms with Gasteiger partial charge in [-0.05, 0) is 42.5 Å². The summed E-state index contributed by atoms with van der Waals surface area (Å²) in [7, 11) is 0. The van der Waals surface area contributed by atoms with Crippen LogP contribution in [-0.4, -0.2) is 19.1 Å². The summed E-state index contributed by atoms with van der Waals surface area (Å²) in [6.45, 7) is 2.68. The first-order valence-corrected chi connectivity index (χ1v) is 10.2. The number of nitrogens with zero attached hydrogens (tertiary/aromatic N) is 4. The number of imidazole rings is 1. The van der Waals surface area contributed by atoms with Crippen molar-refractivity contribution in [3.63, 3.8) is 0 Å². The molecule has 0 radical (unpaired) electrons. The van der Waals surface area contributed by atoms with Crippen LogP contribution in [0.4, 0.5) is 0 Å². The van der Waals surface area contributed by atoms with Crippen LogP contribution in [0.25, 0.3) is 22.1 Å². The minimum atomic E-state index is 0.0108. The first-order chi connectivity index (χ1) is 14.2. The number of hydrogen-bond acceptors (Lipinski definition) is 3. The van der Waals surface area contributed by atoms with Crippen LogP contribution < -0.4 is 5.69 Å². The maximum Gasteiger partial charge on any atom is 0.329 e. The Balaban J connectivity index is 1.75. The van der Waals surface area contributed by atoms with E-state index >= 15 is 0 Å². The molecule has 6 heteroatoms. The molecule has 4 aromatic rings. The molecule has 3 aromatic heterocycles. The molecule has 146 valence electrons. The van der Waals surface area contributed by atoms with Gasteiger partial charge >= 0.3 is 5.69 Å². The minimum absolute atomic E-state index is 0.0108. The van der Waals surface area contributed by atoms with Crippen molar-refractivity contribution < 1.29 is 0 Å². The van der Waals surface area contributed by atoms with Gasteiger partial charge in [0.1, 0.15) is 5.65 Å². The molecule has 1 saturated carbocycles. The summed E-state index contributed by atoms with van der Waals surface area (Å²) in [5.74, 6) is 0.463. The van der Waals surface area contributed by atoms with E-state index in [4.69, 9.17) is 0 Å². The fourth-order valence-electron chi connectivity index (χ4n) is 4.83. The van der Waals surface area contributed by atoms with Gasteiger partial charge in [0.25, 0.3) is 0 Å². The Kier molecular flexibility index (Phi) is 4.24. The maximum atomic E-state index is 13.7. The van der Waals surface area contributed by atoms with Crippen LogP contribution in [0.1, 0.15) is 49.8 Å². The lowest BCUT2D eigenvalue weighted by molar-refractivity contribution is 0.256. The summed E-state index contributed by atoms with van der Waals surface area (Å²) in [5, 5.41) is 10.2. The molecular formula is C23H23N5O. The average Bonchev–Trinajstić information content (AvgIpc) is 3.32. The van der Waals surface area contributed by atoms with E-state index in [2.05, 4.69) is 23.0 Å². The van der Waals surface area contributed by atoms with Crippen LogP contribution in [0.2, 0.25) is 0 Å². The number of nitrogens with one attached hydrogen (secondary N) is 1. The van der Waals surface area contributed by atoms with Crippen molar-refractivity contribution in [2.45, 2.75) is 45.2 Å². The van der Waals surface area contributed by atoms with Gasteiger partial charge in [-0.2, -0.15) is 5.26 Å². The second-order valence-corrected chi connectivity index (χ2v) is 8.11. The van der Waals surface area contributed by atoms with E-state index in [1.54, 1.807) is 12.3 Å². The van der Waals surface area contributed by atoms with Crippen molar-refractivity contribution in [2.75, 3.05) is 0 Å². The molecule has 0 saturated heterocycles. The van der Waals surface area contributed by atoms with Crippen LogP contribution in [0.15, 0.2) is 47.5 Å². The fraction of sp³-hybridized carbons (Fsp3) is 0.348. The number of pyridine rings is 1. The number of aromatic nitrogens is 4. The number of aromatic amines is 1. The zero-order chi connectivity index (χ0) is 20.0.